The Kier molecular flexibility index (Phi) is 9.54. The molecule has 2 aromatic rings. The standard InChI is InChI=1S/C19H24ClN3O3.C2HF3O2/c1-23(15-5-2-3-6-15)12-4-11-21-18-16(19(24)25)17(26-22-18)13-7-9-14(20)10-8-13;3-2(4,5)1(6)7/h7-10,15H,2-6,11-12H2,1H3,(H,21,22)(H,24,25);(H,6,7). The van der Waals surface area contributed by atoms with Crippen molar-refractivity contribution in [3.05, 3.63) is 34.9 Å². The first-order chi connectivity index (χ1) is 15.5. The van der Waals surface area contributed by atoms with Crippen LogP contribution in [0.3, 0.4) is 0 Å². The van der Waals surface area contributed by atoms with Crippen LogP contribution in [0.1, 0.15) is 42.5 Å². The molecule has 0 saturated heterocycles. The lowest BCUT2D eigenvalue weighted by Crippen LogP contribution is -2.31. The van der Waals surface area contributed by atoms with Crippen LogP contribution in [0.2, 0.25) is 5.02 Å². The lowest BCUT2D eigenvalue weighted by atomic mass is 10.1. The Labute approximate surface area is 193 Å². The number of rotatable bonds is 8. The molecule has 0 radical (unpaired) electrons. The number of nitrogens with zero attached hydrogens (tertiary/aromatic N) is 2. The molecule has 0 spiro atoms. The molecule has 1 aromatic heterocycles. The van der Waals surface area contributed by atoms with Gasteiger partial charge in [-0.3, -0.25) is 0 Å². The zero-order chi connectivity index (χ0) is 24.6. The van der Waals surface area contributed by atoms with Crippen LogP contribution in [0.15, 0.2) is 28.8 Å². The van der Waals surface area contributed by atoms with Gasteiger partial charge in [-0.1, -0.05) is 29.6 Å². The van der Waals surface area contributed by atoms with Gasteiger partial charge in [-0.15, -0.1) is 0 Å². The number of hydrogen-bond donors (Lipinski definition) is 3. The van der Waals surface area contributed by atoms with Crippen molar-refractivity contribution in [3.8, 4) is 11.3 Å². The van der Waals surface area contributed by atoms with E-state index in [1.165, 1.54) is 25.7 Å². The molecular formula is C21H25ClF3N3O5. The van der Waals surface area contributed by atoms with Gasteiger partial charge in [0.1, 0.15) is 0 Å². The summed E-state index contributed by atoms with van der Waals surface area (Å²) < 4.78 is 37.0. The highest BCUT2D eigenvalue weighted by Crippen LogP contribution is 2.30. The summed E-state index contributed by atoms with van der Waals surface area (Å²) in [6.07, 6.45) is 1.03. The van der Waals surface area contributed by atoms with E-state index < -0.39 is 18.1 Å². The van der Waals surface area contributed by atoms with E-state index in [0.29, 0.717) is 23.2 Å². The molecule has 1 fully saturated rings. The molecule has 0 atom stereocenters. The molecule has 1 aliphatic carbocycles. The number of carboxylic acid groups (broad SMARTS) is 2. The van der Waals surface area contributed by atoms with E-state index in [0.717, 1.165) is 13.0 Å². The van der Waals surface area contributed by atoms with Gasteiger partial charge >= 0.3 is 18.1 Å². The van der Waals surface area contributed by atoms with Gasteiger partial charge in [-0.2, -0.15) is 13.2 Å². The first-order valence-corrected chi connectivity index (χ1v) is 10.6. The van der Waals surface area contributed by atoms with Crippen molar-refractivity contribution in [2.24, 2.45) is 0 Å². The molecule has 1 aromatic carbocycles. The van der Waals surface area contributed by atoms with E-state index in [1.54, 1.807) is 24.3 Å². The summed E-state index contributed by atoms with van der Waals surface area (Å²) in [5, 5.41) is 24.3. The predicted octanol–water partition coefficient (Wildman–Crippen LogP) is 5.00. The molecule has 1 heterocycles. The van der Waals surface area contributed by atoms with Crippen molar-refractivity contribution in [2.75, 3.05) is 25.5 Å². The van der Waals surface area contributed by atoms with Crippen molar-refractivity contribution < 1.29 is 37.5 Å². The molecule has 0 unspecified atom stereocenters. The molecule has 33 heavy (non-hydrogen) atoms. The minimum Gasteiger partial charge on any atom is -0.477 e. The number of hydrogen-bond acceptors (Lipinski definition) is 6. The largest absolute Gasteiger partial charge is 0.490 e. The second-order valence-electron chi connectivity index (χ2n) is 7.55. The summed E-state index contributed by atoms with van der Waals surface area (Å²) in [4.78, 5) is 23.0. The lowest BCUT2D eigenvalue weighted by molar-refractivity contribution is -0.192. The average Bonchev–Trinajstić information content (AvgIpc) is 3.41. The van der Waals surface area contributed by atoms with Gasteiger partial charge in [0.05, 0.1) is 0 Å². The van der Waals surface area contributed by atoms with Crippen molar-refractivity contribution in [1.82, 2.24) is 10.1 Å². The Bertz CT molecular complexity index is 928. The van der Waals surface area contributed by atoms with Gasteiger partial charge in [-0.25, -0.2) is 9.59 Å². The quantitative estimate of drug-likeness (QED) is 0.442. The number of alkyl halides is 3. The van der Waals surface area contributed by atoms with Crippen LogP contribution >= 0.6 is 11.6 Å². The lowest BCUT2D eigenvalue weighted by Gasteiger charge is -2.23. The average molecular weight is 492 g/mol. The van der Waals surface area contributed by atoms with Gasteiger partial charge in [0.2, 0.25) is 0 Å². The fraction of sp³-hybridized carbons (Fsp3) is 0.476. The summed E-state index contributed by atoms with van der Waals surface area (Å²) in [5.74, 6) is -3.32. The van der Waals surface area contributed by atoms with E-state index in [9.17, 15) is 23.1 Å². The first-order valence-electron chi connectivity index (χ1n) is 10.2. The molecule has 0 amide bonds. The zero-order valence-corrected chi connectivity index (χ0v) is 18.6. The monoisotopic (exact) mass is 491 g/mol. The number of carboxylic acids is 2. The maximum Gasteiger partial charge on any atom is 0.490 e. The first kappa shape index (κ1) is 26.5. The molecule has 8 nitrogen and oxygen atoms in total. The number of anilines is 1. The van der Waals surface area contributed by atoms with Crippen molar-refractivity contribution in [2.45, 2.75) is 44.3 Å². The van der Waals surface area contributed by atoms with Crippen LogP contribution in [0.25, 0.3) is 11.3 Å². The third kappa shape index (κ3) is 7.93. The molecule has 3 rings (SSSR count). The number of carbonyl (C=O) groups is 2. The normalized spacial score (nSPS) is 14.1. The molecule has 1 saturated carbocycles. The molecular weight excluding hydrogens is 467 g/mol. The Balaban J connectivity index is 0.000000479. The summed E-state index contributed by atoms with van der Waals surface area (Å²) in [5.41, 5.74) is 0.685. The van der Waals surface area contributed by atoms with Crippen molar-refractivity contribution in [1.29, 1.82) is 0 Å². The molecule has 12 heteroatoms. The van der Waals surface area contributed by atoms with Crippen LogP contribution < -0.4 is 5.32 Å². The number of aliphatic carboxylic acids is 1. The summed E-state index contributed by atoms with van der Waals surface area (Å²) >= 11 is 5.88. The highest BCUT2D eigenvalue weighted by atomic mass is 35.5. The Hall–Kier alpha value is -2.79. The fourth-order valence-electron chi connectivity index (χ4n) is 3.47. The topological polar surface area (TPSA) is 116 Å². The van der Waals surface area contributed by atoms with E-state index >= 15 is 0 Å². The highest BCUT2D eigenvalue weighted by Gasteiger charge is 2.38. The summed E-state index contributed by atoms with van der Waals surface area (Å²) in [6.45, 7) is 1.62. The van der Waals surface area contributed by atoms with Crippen molar-refractivity contribution >= 4 is 29.4 Å². The smallest absolute Gasteiger partial charge is 0.477 e. The second kappa shape index (κ2) is 11.9. The van der Waals surface area contributed by atoms with Crippen LogP contribution in [0, 0.1) is 0 Å². The van der Waals surface area contributed by atoms with Crippen LogP contribution in [-0.2, 0) is 4.79 Å². The van der Waals surface area contributed by atoms with Gasteiger partial charge in [0.15, 0.2) is 17.1 Å². The summed E-state index contributed by atoms with van der Waals surface area (Å²) in [7, 11) is 2.16. The Morgan fingerprint density at radius 2 is 1.79 bits per heavy atom. The maximum absolute atomic E-state index is 11.7. The van der Waals surface area contributed by atoms with Crippen molar-refractivity contribution in [3.63, 3.8) is 0 Å². The molecule has 3 N–H and O–H groups in total. The minimum atomic E-state index is -5.08. The van der Waals surface area contributed by atoms with E-state index in [2.05, 4.69) is 22.4 Å². The number of aromatic nitrogens is 1. The molecule has 182 valence electrons. The zero-order valence-electron chi connectivity index (χ0n) is 17.9. The number of aromatic carboxylic acids is 1. The second-order valence-corrected chi connectivity index (χ2v) is 7.99. The molecule has 0 aliphatic heterocycles. The van der Waals surface area contributed by atoms with Crippen LogP contribution in [0.4, 0.5) is 19.0 Å². The fourth-order valence-corrected chi connectivity index (χ4v) is 3.60. The van der Waals surface area contributed by atoms with E-state index in [4.69, 9.17) is 26.0 Å². The number of benzene rings is 1. The van der Waals surface area contributed by atoms with E-state index in [1.807, 2.05) is 0 Å². The minimum absolute atomic E-state index is 0.0523. The summed E-state index contributed by atoms with van der Waals surface area (Å²) in [6, 6.07) is 7.51. The number of nitrogens with one attached hydrogen (secondary N) is 1. The highest BCUT2D eigenvalue weighted by molar-refractivity contribution is 6.30. The van der Waals surface area contributed by atoms with Gasteiger partial charge < -0.3 is 25.0 Å². The van der Waals surface area contributed by atoms with E-state index in [-0.39, 0.29) is 17.1 Å². The Morgan fingerprint density at radius 3 is 2.30 bits per heavy atom. The van der Waals surface area contributed by atoms with Crippen LogP contribution in [-0.4, -0.2) is 64.6 Å². The van der Waals surface area contributed by atoms with Gasteiger partial charge in [0.25, 0.3) is 0 Å². The SMILES string of the molecule is CN(CCCNc1noc(-c2ccc(Cl)cc2)c1C(=O)O)C1CCCC1.O=C(O)C(F)(F)F. The van der Waals surface area contributed by atoms with Gasteiger partial charge in [0, 0.05) is 23.2 Å². The van der Waals surface area contributed by atoms with Crippen LogP contribution in [0.5, 0.6) is 0 Å². The molecule has 1 aliphatic rings. The predicted molar refractivity (Wildman–Crippen MR) is 116 cm³/mol. The third-order valence-corrected chi connectivity index (χ3v) is 5.43. The molecule has 0 bridgehead atoms. The Morgan fingerprint density at radius 1 is 1.21 bits per heavy atom. The third-order valence-electron chi connectivity index (χ3n) is 5.18. The maximum atomic E-state index is 11.7. The van der Waals surface area contributed by atoms with Gasteiger partial charge in [-0.05, 0) is 57.1 Å². The number of halogens is 4.